The van der Waals surface area contributed by atoms with Crippen molar-refractivity contribution < 1.29 is 0 Å². The van der Waals surface area contributed by atoms with Gasteiger partial charge in [-0.25, -0.2) is 0 Å². The first kappa shape index (κ1) is 33.9. The zero-order valence-electron chi connectivity index (χ0n) is 25.3. The van der Waals surface area contributed by atoms with E-state index in [4.69, 9.17) is 11.5 Å². The summed E-state index contributed by atoms with van der Waals surface area (Å²) < 4.78 is 0. The monoisotopic (exact) mass is 507 g/mol. The van der Waals surface area contributed by atoms with Crippen LogP contribution in [0.25, 0.3) is 0 Å². The van der Waals surface area contributed by atoms with Crippen LogP contribution in [-0.2, 0) is 0 Å². The summed E-state index contributed by atoms with van der Waals surface area (Å²) >= 11 is 0. The Morgan fingerprint density at radius 3 is 0.889 bits per heavy atom. The van der Waals surface area contributed by atoms with E-state index >= 15 is 0 Å². The molecule has 4 unspecified atom stereocenters. The Morgan fingerprint density at radius 1 is 0.361 bits per heavy atom. The van der Waals surface area contributed by atoms with E-state index in [9.17, 15) is 0 Å². The van der Waals surface area contributed by atoms with Gasteiger partial charge in [-0.3, -0.25) is 0 Å². The summed E-state index contributed by atoms with van der Waals surface area (Å²) in [6, 6.07) is 0. The molecule has 1 rings (SSSR count). The molecule has 0 spiro atoms. The molecule has 1 saturated carbocycles. The van der Waals surface area contributed by atoms with Gasteiger partial charge in [-0.1, -0.05) is 155 Å². The second-order valence-corrected chi connectivity index (χ2v) is 12.6. The Kier molecular flexibility index (Phi) is 23.8. The van der Waals surface area contributed by atoms with Crippen LogP contribution in [0, 0.1) is 23.7 Å². The van der Waals surface area contributed by atoms with Gasteiger partial charge < -0.3 is 11.5 Å². The smallest absolute Gasteiger partial charge is 0.00773 e. The fraction of sp³-hybridized carbons (Fsp3) is 1.00. The van der Waals surface area contributed by atoms with Crippen molar-refractivity contribution >= 4 is 0 Å². The summed E-state index contributed by atoms with van der Waals surface area (Å²) in [6.07, 6.45) is 37.4. The second kappa shape index (κ2) is 25.2. The maximum atomic E-state index is 5.75. The van der Waals surface area contributed by atoms with Gasteiger partial charge in [0.25, 0.3) is 0 Å². The van der Waals surface area contributed by atoms with E-state index in [-0.39, 0.29) is 0 Å². The lowest BCUT2D eigenvalue weighted by Gasteiger charge is -2.42. The minimum atomic E-state index is 0.870. The number of hydrogen-bond acceptors (Lipinski definition) is 2. The molecule has 1 aliphatic rings. The molecule has 0 aliphatic heterocycles. The fourth-order valence-corrected chi connectivity index (χ4v) is 7.14. The van der Waals surface area contributed by atoms with Gasteiger partial charge in [-0.05, 0) is 62.4 Å². The minimum absolute atomic E-state index is 0.870. The highest BCUT2D eigenvalue weighted by molar-refractivity contribution is 4.86. The van der Waals surface area contributed by atoms with Crippen molar-refractivity contribution in [1.82, 2.24) is 0 Å². The average molecular weight is 507 g/mol. The van der Waals surface area contributed by atoms with E-state index in [2.05, 4.69) is 13.8 Å². The summed E-state index contributed by atoms with van der Waals surface area (Å²) in [5, 5.41) is 0. The third-order valence-corrected chi connectivity index (χ3v) is 9.46. The first-order chi connectivity index (χ1) is 17.8. The topological polar surface area (TPSA) is 52.0 Å². The van der Waals surface area contributed by atoms with Crippen LogP contribution in [0.1, 0.15) is 181 Å². The Balaban J connectivity index is 2.65. The van der Waals surface area contributed by atoms with E-state index in [0.717, 1.165) is 36.8 Å². The number of rotatable bonds is 26. The molecule has 0 aromatic carbocycles. The molecule has 4 N–H and O–H groups in total. The zero-order chi connectivity index (χ0) is 26.1. The van der Waals surface area contributed by atoms with Crippen LogP contribution in [0.3, 0.4) is 0 Å². The third-order valence-electron chi connectivity index (χ3n) is 9.46. The van der Waals surface area contributed by atoms with E-state index in [0.29, 0.717) is 0 Å². The van der Waals surface area contributed by atoms with Crippen molar-refractivity contribution in [1.29, 1.82) is 0 Å². The van der Waals surface area contributed by atoms with Crippen LogP contribution >= 0.6 is 0 Å². The molecule has 1 aliphatic carbocycles. The van der Waals surface area contributed by atoms with Gasteiger partial charge in [0.05, 0.1) is 0 Å². The lowest BCUT2D eigenvalue weighted by Crippen LogP contribution is -2.32. The maximum absolute atomic E-state index is 5.75. The molecule has 0 heterocycles. The Labute approximate surface area is 228 Å². The van der Waals surface area contributed by atoms with Crippen LogP contribution in [0.2, 0.25) is 0 Å². The normalized spacial score (nSPS) is 22.3. The van der Waals surface area contributed by atoms with Crippen molar-refractivity contribution in [2.45, 2.75) is 181 Å². The lowest BCUT2D eigenvalue weighted by atomic mass is 9.63. The van der Waals surface area contributed by atoms with Gasteiger partial charge in [0.2, 0.25) is 0 Å². The molecule has 0 saturated heterocycles. The van der Waals surface area contributed by atoms with E-state index in [1.165, 1.54) is 154 Å². The lowest BCUT2D eigenvalue weighted by molar-refractivity contribution is 0.0814. The van der Waals surface area contributed by atoms with Crippen molar-refractivity contribution in [3.05, 3.63) is 0 Å². The van der Waals surface area contributed by atoms with Gasteiger partial charge in [0.15, 0.2) is 0 Å². The molecule has 4 atom stereocenters. The highest BCUT2D eigenvalue weighted by Gasteiger charge is 2.35. The molecule has 0 bridgehead atoms. The van der Waals surface area contributed by atoms with E-state index in [1.54, 1.807) is 12.8 Å². The standard InChI is InChI=1S/C34H70N2/c1-3-5-7-9-11-17-23-31-29-33(25-19-13-15-21-27-35)34(26-20-14-16-22-28-36)30-32(31)24-18-12-10-8-6-4-2/h31-34H,3-30,35-36H2,1-2H3. The van der Waals surface area contributed by atoms with Crippen LogP contribution < -0.4 is 11.5 Å². The molecule has 0 amide bonds. The van der Waals surface area contributed by atoms with Gasteiger partial charge in [0, 0.05) is 0 Å². The summed E-state index contributed by atoms with van der Waals surface area (Å²) in [5.74, 6) is 4.05. The van der Waals surface area contributed by atoms with E-state index in [1.807, 2.05) is 0 Å². The molecule has 36 heavy (non-hydrogen) atoms. The molecule has 1 fully saturated rings. The van der Waals surface area contributed by atoms with Crippen molar-refractivity contribution in [3.63, 3.8) is 0 Å². The van der Waals surface area contributed by atoms with Gasteiger partial charge in [-0.2, -0.15) is 0 Å². The highest BCUT2D eigenvalue weighted by Crippen LogP contribution is 2.46. The van der Waals surface area contributed by atoms with Gasteiger partial charge >= 0.3 is 0 Å². The zero-order valence-corrected chi connectivity index (χ0v) is 25.3. The molecule has 2 nitrogen and oxygen atoms in total. The molecule has 2 heteroatoms. The predicted molar refractivity (Wildman–Crippen MR) is 163 cm³/mol. The summed E-state index contributed by atoms with van der Waals surface area (Å²) in [6.45, 7) is 6.41. The molecular formula is C34H70N2. The number of hydrogen-bond donors (Lipinski definition) is 2. The first-order valence-electron chi connectivity index (χ1n) is 17.2. The molecule has 216 valence electrons. The largest absolute Gasteiger partial charge is 0.330 e. The minimum Gasteiger partial charge on any atom is -0.330 e. The fourth-order valence-electron chi connectivity index (χ4n) is 7.14. The van der Waals surface area contributed by atoms with Crippen molar-refractivity contribution in [3.8, 4) is 0 Å². The predicted octanol–water partition coefficient (Wildman–Crippen LogP) is 10.6. The average Bonchev–Trinajstić information content (AvgIpc) is 2.89. The van der Waals surface area contributed by atoms with Crippen LogP contribution in [0.15, 0.2) is 0 Å². The Bertz CT molecular complexity index is 397. The van der Waals surface area contributed by atoms with Crippen molar-refractivity contribution in [2.75, 3.05) is 13.1 Å². The summed E-state index contributed by atoms with van der Waals surface area (Å²) in [4.78, 5) is 0. The molecular weight excluding hydrogens is 436 g/mol. The van der Waals surface area contributed by atoms with E-state index < -0.39 is 0 Å². The van der Waals surface area contributed by atoms with Crippen LogP contribution in [0.4, 0.5) is 0 Å². The number of unbranched alkanes of at least 4 members (excludes halogenated alkanes) is 16. The van der Waals surface area contributed by atoms with Crippen molar-refractivity contribution in [2.24, 2.45) is 35.1 Å². The maximum Gasteiger partial charge on any atom is -0.00773 e. The van der Waals surface area contributed by atoms with Gasteiger partial charge in [0.1, 0.15) is 0 Å². The highest BCUT2D eigenvalue weighted by atomic mass is 14.5. The summed E-state index contributed by atoms with van der Waals surface area (Å²) in [5.41, 5.74) is 11.5. The molecule has 0 radical (unpaired) electrons. The quantitative estimate of drug-likeness (QED) is 0.115. The van der Waals surface area contributed by atoms with Gasteiger partial charge in [-0.15, -0.1) is 0 Å². The molecule has 0 aromatic heterocycles. The number of nitrogens with two attached hydrogens (primary N) is 2. The SMILES string of the molecule is CCCCCCCCC1CC(CCCCCCN)C(CCCCCCN)CC1CCCCCCCC. The molecule has 0 aromatic rings. The Hall–Kier alpha value is -0.0800. The second-order valence-electron chi connectivity index (χ2n) is 12.6. The Morgan fingerprint density at radius 2 is 0.611 bits per heavy atom. The third kappa shape index (κ3) is 17.4. The first-order valence-corrected chi connectivity index (χ1v) is 17.2. The van der Waals surface area contributed by atoms with Crippen LogP contribution in [0.5, 0.6) is 0 Å². The summed E-state index contributed by atoms with van der Waals surface area (Å²) in [7, 11) is 0. The van der Waals surface area contributed by atoms with Crippen LogP contribution in [-0.4, -0.2) is 13.1 Å².